The second-order valence-electron chi connectivity index (χ2n) is 3.63. The van der Waals surface area contributed by atoms with Crippen molar-refractivity contribution in [2.24, 2.45) is 0 Å². The molecule has 0 unspecified atom stereocenters. The molecule has 0 saturated heterocycles. The summed E-state index contributed by atoms with van der Waals surface area (Å²) in [4.78, 5) is 0. The molecule has 1 fully saturated rings. The van der Waals surface area contributed by atoms with Gasteiger partial charge in [-0.05, 0) is 31.5 Å². The van der Waals surface area contributed by atoms with Crippen LogP contribution in [0.25, 0.3) is 0 Å². The smallest absolute Gasteiger partial charge is 0.166 e. The number of thiocarbonyl (C=S) groups is 1. The molecule has 0 aliphatic heterocycles. The summed E-state index contributed by atoms with van der Waals surface area (Å²) in [5.74, 6) is 0. The molecule has 4 nitrogen and oxygen atoms in total. The lowest BCUT2D eigenvalue weighted by molar-refractivity contribution is 0.0699. The van der Waals surface area contributed by atoms with E-state index in [1.54, 1.807) is 7.11 Å². The first kappa shape index (κ1) is 12.7. The molecule has 0 bridgehead atoms. The first-order valence-electron chi connectivity index (χ1n) is 5.44. The molecule has 2 N–H and O–H groups in total. The molecule has 1 saturated carbocycles. The Balaban J connectivity index is 1.77. The Morgan fingerprint density at radius 3 is 2.80 bits per heavy atom. The van der Waals surface area contributed by atoms with Gasteiger partial charge in [0.15, 0.2) is 5.11 Å². The summed E-state index contributed by atoms with van der Waals surface area (Å²) in [6, 6.07) is 0.628. The molecule has 0 spiro atoms. The zero-order chi connectivity index (χ0) is 10.9. The highest BCUT2D eigenvalue weighted by Crippen LogP contribution is 2.18. The van der Waals surface area contributed by atoms with Crippen molar-refractivity contribution in [3.05, 3.63) is 0 Å². The van der Waals surface area contributed by atoms with E-state index in [4.69, 9.17) is 21.7 Å². The van der Waals surface area contributed by atoms with Gasteiger partial charge in [-0.25, -0.2) is 0 Å². The van der Waals surface area contributed by atoms with E-state index in [0.29, 0.717) is 19.3 Å². The average Bonchev–Trinajstić information content (AvgIpc) is 3.00. The number of hydrogen-bond donors (Lipinski definition) is 2. The van der Waals surface area contributed by atoms with E-state index in [9.17, 15) is 0 Å². The van der Waals surface area contributed by atoms with Crippen molar-refractivity contribution in [1.82, 2.24) is 10.6 Å². The molecule has 0 amide bonds. The third-order valence-corrected chi connectivity index (χ3v) is 2.36. The van der Waals surface area contributed by atoms with E-state index in [1.807, 2.05) is 0 Å². The van der Waals surface area contributed by atoms with Gasteiger partial charge in [0, 0.05) is 26.3 Å². The topological polar surface area (TPSA) is 42.5 Å². The Kier molecular flexibility index (Phi) is 6.63. The zero-order valence-corrected chi connectivity index (χ0v) is 10.1. The predicted octanol–water partition coefficient (Wildman–Crippen LogP) is 0.666. The van der Waals surface area contributed by atoms with Gasteiger partial charge < -0.3 is 20.1 Å². The average molecular weight is 232 g/mol. The van der Waals surface area contributed by atoms with Gasteiger partial charge in [-0.3, -0.25) is 0 Å². The molecule has 5 heteroatoms. The summed E-state index contributed by atoms with van der Waals surface area (Å²) in [6.07, 6.45) is 3.47. The van der Waals surface area contributed by atoms with Crippen LogP contribution in [0.15, 0.2) is 0 Å². The summed E-state index contributed by atoms with van der Waals surface area (Å²) in [5.41, 5.74) is 0. The Morgan fingerprint density at radius 1 is 1.33 bits per heavy atom. The normalized spacial score (nSPS) is 15.0. The van der Waals surface area contributed by atoms with Gasteiger partial charge in [0.2, 0.25) is 0 Å². The van der Waals surface area contributed by atoms with Gasteiger partial charge in [0.1, 0.15) is 0 Å². The minimum absolute atomic E-state index is 0.628. The van der Waals surface area contributed by atoms with Crippen LogP contribution in [0, 0.1) is 0 Å². The molecule has 1 aliphatic carbocycles. The fraction of sp³-hybridized carbons (Fsp3) is 0.900. The highest BCUT2D eigenvalue weighted by Gasteiger charge is 2.21. The summed E-state index contributed by atoms with van der Waals surface area (Å²) >= 11 is 5.11. The fourth-order valence-corrected chi connectivity index (χ4v) is 1.35. The number of ether oxygens (including phenoxy) is 2. The van der Waals surface area contributed by atoms with Crippen LogP contribution in [0.3, 0.4) is 0 Å². The van der Waals surface area contributed by atoms with Crippen LogP contribution in [0.1, 0.15) is 19.3 Å². The van der Waals surface area contributed by atoms with E-state index in [0.717, 1.165) is 24.7 Å². The zero-order valence-electron chi connectivity index (χ0n) is 9.25. The number of nitrogens with one attached hydrogen (secondary N) is 2. The van der Waals surface area contributed by atoms with Gasteiger partial charge in [-0.2, -0.15) is 0 Å². The first-order valence-corrected chi connectivity index (χ1v) is 5.85. The van der Waals surface area contributed by atoms with Crippen LogP contribution in [0.4, 0.5) is 0 Å². The molecule has 0 aromatic heterocycles. The highest BCUT2D eigenvalue weighted by molar-refractivity contribution is 7.80. The minimum Gasteiger partial charge on any atom is -0.382 e. The Hall–Kier alpha value is -0.390. The first-order chi connectivity index (χ1) is 7.33. The molecule has 0 aromatic carbocycles. The van der Waals surface area contributed by atoms with Gasteiger partial charge in [-0.15, -0.1) is 0 Å². The molecule has 0 radical (unpaired) electrons. The molecule has 1 rings (SSSR count). The molecule has 1 aliphatic rings. The van der Waals surface area contributed by atoms with Gasteiger partial charge in [0.25, 0.3) is 0 Å². The van der Waals surface area contributed by atoms with E-state index in [-0.39, 0.29) is 0 Å². The monoisotopic (exact) mass is 232 g/mol. The van der Waals surface area contributed by atoms with E-state index in [2.05, 4.69) is 10.6 Å². The molecule has 0 atom stereocenters. The quantitative estimate of drug-likeness (QED) is 0.475. The summed E-state index contributed by atoms with van der Waals surface area (Å²) in [5, 5.41) is 7.15. The predicted molar refractivity (Wildman–Crippen MR) is 64.1 cm³/mol. The maximum absolute atomic E-state index is 5.32. The second-order valence-corrected chi connectivity index (χ2v) is 4.04. The standard InChI is InChI=1S/C10H20N2O2S/c1-13-7-8-14-6-2-5-11-10(15)12-9-3-4-9/h9H,2-8H2,1H3,(H2,11,12,15). The van der Waals surface area contributed by atoms with Crippen molar-refractivity contribution in [3.63, 3.8) is 0 Å². The molecule has 88 valence electrons. The van der Waals surface area contributed by atoms with E-state index >= 15 is 0 Å². The lowest BCUT2D eigenvalue weighted by Crippen LogP contribution is -2.37. The number of methoxy groups -OCH3 is 1. The largest absolute Gasteiger partial charge is 0.382 e. The number of rotatable bonds is 8. The maximum atomic E-state index is 5.32. The lowest BCUT2D eigenvalue weighted by Gasteiger charge is -2.09. The second kappa shape index (κ2) is 7.84. The number of hydrogen-bond acceptors (Lipinski definition) is 3. The van der Waals surface area contributed by atoms with Crippen LogP contribution in [-0.2, 0) is 9.47 Å². The Bertz CT molecular complexity index is 186. The summed E-state index contributed by atoms with van der Waals surface area (Å²) in [7, 11) is 1.67. The third-order valence-electron chi connectivity index (χ3n) is 2.10. The Morgan fingerprint density at radius 2 is 2.13 bits per heavy atom. The van der Waals surface area contributed by atoms with Gasteiger partial charge in [0.05, 0.1) is 13.2 Å². The SMILES string of the molecule is COCCOCCCNC(=S)NC1CC1. The van der Waals surface area contributed by atoms with Crippen molar-refractivity contribution in [2.45, 2.75) is 25.3 Å². The van der Waals surface area contributed by atoms with Crippen molar-refractivity contribution in [3.8, 4) is 0 Å². The molecule has 0 aromatic rings. The molecular formula is C10H20N2O2S. The minimum atomic E-state index is 0.628. The van der Waals surface area contributed by atoms with Crippen LogP contribution < -0.4 is 10.6 Å². The maximum Gasteiger partial charge on any atom is 0.166 e. The third kappa shape index (κ3) is 7.53. The van der Waals surface area contributed by atoms with E-state index < -0.39 is 0 Å². The van der Waals surface area contributed by atoms with Crippen LogP contribution in [0.5, 0.6) is 0 Å². The lowest BCUT2D eigenvalue weighted by atomic mass is 10.4. The van der Waals surface area contributed by atoms with Crippen molar-refractivity contribution in [2.75, 3.05) is 33.5 Å². The van der Waals surface area contributed by atoms with Gasteiger partial charge in [-0.1, -0.05) is 0 Å². The summed E-state index contributed by atoms with van der Waals surface area (Å²) in [6.45, 7) is 2.95. The van der Waals surface area contributed by atoms with Crippen LogP contribution >= 0.6 is 12.2 Å². The fourth-order valence-electron chi connectivity index (χ4n) is 1.08. The molecule has 0 heterocycles. The van der Waals surface area contributed by atoms with E-state index in [1.165, 1.54) is 12.8 Å². The molecular weight excluding hydrogens is 212 g/mol. The van der Waals surface area contributed by atoms with Crippen LogP contribution in [-0.4, -0.2) is 44.6 Å². The Labute approximate surface area is 96.7 Å². The summed E-state index contributed by atoms with van der Waals surface area (Å²) < 4.78 is 10.2. The van der Waals surface area contributed by atoms with Crippen LogP contribution in [0.2, 0.25) is 0 Å². The highest BCUT2D eigenvalue weighted by atomic mass is 32.1. The van der Waals surface area contributed by atoms with Crippen molar-refractivity contribution >= 4 is 17.3 Å². The molecule has 15 heavy (non-hydrogen) atoms. The van der Waals surface area contributed by atoms with Gasteiger partial charge >= 0.3 is 0 Å². The van der Waals surface area contributed by atoms with Crippen molar-refractivity contribution < 1.29 is 9.47 Å². The van der Waals surface area contributed by atoms with Crippen molar-refractivity contribution in [1.29, 1.82) is 0 Å².